The van der Waals surface area contributed by atoms with E-state index in [1.165, 1.54) is 19.4 Å². The van der Waals surface area contributed by atoms with Crippen LogP contribution in [0.4, 0.5) is 34.5 Å². The summed E-state index contributed by atoms with van der Waals surface area (Å²) >= 11 is 0. The number of carbonyl (C=O) groups excluding carboxylic acids is 1. The fraction of sp³-hybridized carbons (Fsp3) is 0.500. The van der Waals surface area contributed by atoms with Crippen LogP contribution < -0.4 is 19.9 Å². The van der Waals surface area contributed by atoms with Crippen LogP contribution in [-0.2, 0) is 10.2 Å². The van der Waals surface area contributed by atoms with Crippen molar-refractivity contribution in [3.05, 3.63) is 57.5 Å². The van der Waals surface area contributed by atoms with Gasteiger partial charge in [-0.05, 0) is 72.7 Å². The van der Waals surface area contributed by atoms with Crippen molar-refractivity contribution in [1.82, 2.24) is 19.9 Å². The lowest BCUT2D eigenvalue weighted by Crippen LogP contribution is -2.37. The van der Waals surface area contributed by atoms with Crippen LogP contribution in [0.1, 0.15) is 61.3 Å². The van der Waals surface area contributed by atoms with Crippen molar-refractivity contribution >= 4 is 40.5 Å². The maximum atomic E-state index is 13.3. The second kappa shape index (κ2) is 11.8. The molecular weight excluding hydrogens is 576 g/mol. The summed E-state index contributed by atoms with van der Waals surface area (Å²) in [5, 5.41) is 15.5. The zero-order chi connectivity index (χ0) is 32.0. The smallest absolute Gasteiger partial charge is 0.343 e. The van der Waals surface area contributed by atoms with Crippen molar-refractivity contribution in [3.8, 4) is 5.75 Å². The fourth-order valence-corrected chi connectivity index (χ4v) is 6.50. The standard InChI is InChI=1S/C32H40N8O5/c1-19(2)45-30(41)22-16-33-31(36-29(22)39-18-32(11-12-32)28-24(39)10-9-20(3)34-28)35-23-14-26(40(42)43)25(15-27(23)44-6)38-13-7-8-21(38)17-37(4)5/h9-10,14-16,19,21H,7-8,11-13,17-18H2,1-6H3,(H,33,35,36)/t21-/m0/s1. The number of aryl methyl sites for hydroxylation is 1. The number of esters is 1. The number of anilines is 5. The average Bonchev–Trinajstić information content (AvgIpc) is 3.52. The van der Waals surface area contributed by atoms with Crippen molar-refractivity contribution in [2.75, 3.05) is 56.0 Å². The van der Waals surface area contributed by atoms with Gasteiger partial charge in [0.25, 0.3) is 5.69 Å². The molecular formula is C32H40N8O5. The van der Waals surface area contributed by atoms with Gasteiger partial charge in [-0.3, -0.25) is 15.1 Å². The number of fused-ring (bicyclic) bond motifs is 2. The minimum Gasteiger partial charge on any atom is -0.494 e. The molecule has 1 spiro atoms. The van der Waals surface area contributed by atoms with Gasteiger partial charge in [-0.15, -0.1) is 0 Å². The number of ether oxygens (including phenoxy) is 2. The Morgan fingerprint density at radius 1 is 1.22 bits per heavy atom. The van der Waals surface area contributed by atoms with E-state index < -0.39 is 5.97 Å². The molecule has 2 fully saturated rings. The number of nitro benzene ring substituents is 1. The van der Waals surface area contributed by atoms with Crippen molar-refractivity contribution in [3.63, 3.8) is 0 Å². The minimum absolute atomic E-state index is 0.0353. The predicted octanol–water partition coefficient (Wildman–Crippen LogP) is 5.12. The van der Waals surface area contributed by atoms with Gasteiger partial charge in [0, 0.05) is 55.1 Å². The van der Waals surface area contributed by atoms with Gasteiger partial charge < -0.3 is 29.5 Å². The van der Waals surface area contributed by atoms with E-state index >= 15 is 0 Å². The Kier molecular flexibility index (Phi) is 7.98. The molecule has 0 amide bonds. The minimum atomic E-state index is -0.527. The zero-order valence-corrected chi connectivity index (χ0v) is 26.7. The highest BCUT2D eigenvalue weighted by atomic mass is 16.6. The molecule has 0 bridgehead atoms. The summed E-state index contributed by atoms with van der Waals surface area (Å²) in [6.07, 6.45) is 5.04. The number of rotatable bonds is 10. The van der Waals surface area contributed by atoms with Crippen LogP contribution >= 0.6 is 0 Å². The average molecular weight is 617 g/mol. The topological polar surface area (TPSA) is 139 Å². The van der Waals surface area contributed by atoms with Crippen molar-refractivity contribution in [1.29, 1.82) is 0 Å². The van der Waals surface area contributed by atoms with Gasteiger partial charge in [0.05, 0.1) is 35.2 Å². The van der Waals surface area contributed by atoms with Crippen molar-refractivity contribution < 1.29 is 19.2 Å². The molecule has 0 unspecified atom stereocenters. The predicted molar refractivity (Wildman–Crippen MR) is 171 cm³/mol. The number of hydrogen-bond acceptors (Lipinski definition) is 12. The van der Waals surface area contributed by atoms with Crippen LogP contribution in [0.25, 0.3) is 0 Å². The van der Waals surface area contributed by atoms with Gasteiger partial charge in [-0.2, -0.15) is 4.98 Å². The molecule has 1 saturated heterocycles. The van der Waals surface area contributed by atoms with E-state index in [0.29, 0.717) is 29.5 Å². The number of benzene rings is 1. The summed E-state index contributed by atoms with van der Waals surface area (Å²) in [4.78, 5) is 45.6. The van der Waals surface area contributed by atoms with Gasteiger partial charge >= 0.3 is 5.97 Å². The third-order valence-electron chi connectivity index (χ3n) is 8.71. The molecule has 1 atom stereocenters. The molecule has 6 rings (SSSR count). The summed E-state index contributed by atoms with van der Waals surface area (Å²) in [5.74, 6) is 0.446. The van der Waals surface area contributed by atoms with Crippen LogP contribution in [0.15, 0.2) is 30.5 Å². The molecule has 238 valence electrons. The van der Waals surface area contributed by atoms with Gasteiger partial charge in [0.1, 0.15) is 17.0 Å². The number of aromatic nitrogens is 3. The SMILES string of the molecule is COc1cc(N2CCC[C@H]2CN(C)C)c([N+](=O)[O-])cc1Nc1ncc(C(=O)OC(C)C)c(N2CC3(CC3)c3nc(C)ccc32)n1. The first kappa shape index (κ1) is 30.5. The number of hydrogen-bond donors (Lipinski definition) is 1. The first-order valence-electron chi connectivity index (χ1n) is 15.4. The molecule has 1 saturated carbocycles. The molecule has 1 N–H and O–H groups in total. The molecule has 45 heavy (non-hydrogen) atoms. The Bertz CT molecular complexity index is 1640. The molecule has 2 aliphatic heterocycles. The van der Waals surface area contributed by atoms with Crippen LogP contribution in [0.2, 0.25) is 0 Å². The monoisotopic (exact) mass is 616 g/mol. The van der Waals surface area contributed by atoms with Gasteiger partial charge in [-0.25, -0.2) is 9.78 Å². The summed E-state index contributed by atoms with van der Waals surface area (Å²) in [6, 6.07) is 7.31. The molecule has 3 aliphatic rings. The Hall–Kier alpha value is -4.52. The highest BCUT2D eigenvalue weighted by molar-refractivity contribution is 5.96. The normalized spacial score (nSPS) is 18.1. The number of likely N-dealkylation sites (N-methyl/N-ethyl adjacent to an activating group) is 1. The largest absolute Gasteiger partial charge is 0.494 e. The summed E-state index contributed by atoms with van der Waals surface area (Å²) < 4.78 is 11.3. The van der Waals surface area contributed by atoms with E-state index in [0.717, 1.165) is 55.8 Å². The van der Waals surface area contributed by atoms with E-state index in [2.05, 4.69) is 20.1 Å². The van der Waals surface area contributed by atoms with E-state index in [1.54, 1.807) is 19.9 Å². The lowest BCUT2D eigenvalue weighted by molar-refractivity contribution is -0.384. The molecule has 1 aliphatic carbocycles. The van der Waals surface area contributed by atoms with Crippen molar-refractivity contribution in [2.45, 2.75) is 64.0 Å². The number of nitrogens with one attached hydrogen (secondary N) is 1. The molecule has 3 aromatic rings. The Balaban J connectivity index is 1.40. The Morgan fingerprint density at radius 3 is 2.67 bits per heavy atom. The number of pyridine rings is 1. The molecule has 2 aromatic heterocycles. The molecule has 4 heterocycles. The summed E-state index contributed by atoms with van der Waals surface area (Å²) in [7, 11) is 5.53. The summed E-state index contributed by atoms with van der Waals surface area (Å²) in [5.41, 5.74) is 3.84. The van der Waals surface area contributed by atoms with Gasteiger partial charge in [-0.1, -0.05) is 0 Å². The molecule has 13 heteroatoms. The van der Waals surface area contributed by atoms with E-state index in [4.69, 9.17) is 19.4 Å². The highest BCUT2D eigenvalue weighted by Gasteiger charge is 2.54. The van der Waals surface area contributed by atoms with Crippen LogP contribution in [0.3, 0.4) is 0 Å². The second-order valence-corrected chi connectivity index (χ2v) is 12.7. The number of methoxy groups -OCH3 is 1. The number of nitrogens with zero attached hydrogens (tertiary/aromatic N) is 7. The summed E-state index contributed by atoms with van der Waals surface area (Å²) in [6.45, 7) is 7.70. The third kappa shape index (κ3) is 5.84. The third-order valence-corrected chi connectivity index (χ3v) is 8.71. The van der Waals surface area contributed by atoms with E-state index in [9.17, 15) is 14.9 Å². The molecule has 0 radical (unpaired) electrons. The second-order valence-electron chi connectivity index (χ2n) is 12.7. The fourth-order valence-electron chi connectivity index (χ4n) is 6.50. The van der Waals surface area contributed by atoms with E-state index in [1.807, 2.05) is 38.1 Å². The maximum absolute atomic E-state index is 13.3. The molecule has 1 aromatic carbocycles. The van der Waals surface area contributed by atoms with Crippen LogP contribution in [0.5, 0.6) is 5.75 Å². The number of nitro groups is 1. The molecule has 13 nitrogen and oxygen atoms in total. The first-order chi connectivity index (χ1) is 21.5. The lowest BCUT2D eigenvalue weighted by atomic mass is 10.0. The quantitative estimate of drug-likeness (QED) is 0.184. The highest BCUT2D eigenvalue weighted by Crippen LogP contribution is 2.57. The Morgan fingerprint density at radius 2 is 2.00 bits per heavy atom. The maximum Gasteiger partial charge on any atom is 0.343 e. The lowest BCUT2D eigenvalue weighted by Gasteiger charge is -2.29. The number of carbonyl (C=O) groups is 1. The Labute approximate surface area is 262 Å². The van der Waals surface area contributed by atoms with Crippen molar-refractivity contribution in [2.24, 2.45) is 0 Å². The zero-order valence-electron chi connectivity index (χ0n) is 26.7. The van der Waals surface area contributed by atoms with Crippen LogP contribution in [0, 0.1) is 17.0 Å². The van der Waals surface area contributed by atoms with E-state index in [-0.39, 0.29) is 39.7 Å². The van der Waals surface area contributed by atoms with Crippen LogP contribution in [-0.4, -0.2) is 83.7 Å². The first-order valence-corrected chi connectivity index (χ1v) is 15.4. The van der Waals surface area contributed by atoms with Gasteiger partial charge in [0.2, 0.25) is 5.95 Å². The van der Waals surface area contributed by atoms with Gasteiger partial charge in [0.15, 0.2) is 5.82 Å².